The van der Waals surface area contributed by atoms with E-state index in [1.54, 1.807) is 0 Å². The number of anilines is 3. The highest BCUT2D eigenvalue weighted by Gasteiger charge is 2.30. The van der Waals surface area contributed by atoms with E-state index in [2.05, 4.69) is 60.8 Å². The predicted octanol–water partition coefficient (Wildman–Crippen LogP) is 2.71. The second-order valence-corrected chi connectivity index (χ2v) is 8.12. The first kappa shape index (κ1) is 18.6. The van der Waals surface area contributed by atoms with Crippen molar-refractivity contribution in [1.29, 1.82) is 0 Å². The molecule has 0 radical (unpaired) electrons. The number of benzene rings is 1. The molecule has 2 N–H and O–H groups in total. The Morgan fingerprint density at radius 2 is 1.93 bits per heavy atom. The number of likely N-dealkylation sites (N-methyl/N-ethyl adjacent to an activating group) is 1. The molecule has 0 bridgehead atoms. The lowest BCUT2D eigenvalue weighted by Crippen LogP contribution is -2.44. The summed E-state index contributed by atoms with van der Waals surface area (Å²) in [7, 11) is 1.88. The lowest BCUT2D eigenvalue weighted by Gasteiger charge is -2.32. The maximum atomic E-state index is 12.1. The van der Waals surface area contributed by atoms with Crippen molar-refractivity contribution in [2.75, 3.05) is 22.6 Å². The van der Waals surface area contributed by atoms with E-state index in [1.807, 2.05) is 32.0 Å². The van der Waals surface area contributed by atoms with Crippen LogP contribution in [0.1, 0.15) is 35.3 Å². The van der Waals surface area contributed by atoms with Crippen LogP contribution < -0.4 is 15.5 Å². The van der Waals surface area contributed by atoms with Crippen molar-refractivity contribution >= 4 is 23.4 Å². The van der Waals surface area contributed by atoms with Gasteiger partial charge in [0.05, 0.1) is 17.9 Å². The lowest BCUT2D eigenvalue weighted by molar-refractivity contribution is -0.117. The Labute approximate surface area is 175 Å². The summed E-state index contributed by atoms with van der Waals surface area (Å²) in [6.07, 6.45) is 6.04. The van der Waals surface area contributed by atoms with Crippen LogP contribution in [0.2, 0.25) is 0 Å². The van der Waals surface area contributed by atoms with Crippen molar-refractivity contribution in [3.8, 4) is 0 Å². The van der Waals surface area contributed by atoms with Crippen molar-refractivity contribution < 1.29 is 4.79 Å². The molecule has 1 amide bonds. The fourth-order valence-electron chi connectivity index (χ4n) is 4.20. The maximum absolute atomic E-state index is 12.1. The minimum Gasteiger partial charge on any atom is -0.350 e. The lowest BCUT2D eigenvalue weighted by atomic mass is 10.1. The molecule has 8 nitrogen and oxygen atoms in total. The van der Waals surface area contributed by atoms with Gasteiger partial charge in [0.15, 0.2) is 5.82 Å². The van der Waals surface area contributed by atoms with Gasteiger partial charge >= 0.3 is 0 Å². The molecule has 1 aromatic carbocycles. The van der Waals surface area contributed by atoms with E-state index in [-0.39, 0.29) is 11.9 Å². The molecule has 3 heterocycles. The Morgan fingerprint density at radius 1 is 1.20 bits per heavy atom. The van der Waals surface area contributed by atoms with Crippen LogP contribution in [-0.4, -0.2) is 38.7 Å². The summed E-state index contributed by atoms with van der Waals surface area (Å²) in [4.78, 5) is 23.1. The molecular weight excluding hydrogens is 378 g/mol. The largest absolute Gasteiger partial charge is 0.350 e. The van der Waals surface area contributed by atoms with Gasteiger partial charge in [0, 0.05) is 25.4 Å². The van der Waals surface area contributed by atoms with Crippen LogP contribution in [0.5, 0.6) is 0 Å². The van der Waals surface area contributed by atoms with Crippen molar-refractivity contribution in [3.05, 3.63) is 59.0 Å². The van der Waals surface area contributed by atoms with E-state index in [9.17, 15) is 4.79 Å². The highest BCUT2D eigenvalue weighted by molar-refractivity contribution is 6.03. The molecule has 2 aromatic heterocycles. The fourth-order valence-corrected chi connectivity index (χ4v) is 4.20. The average Bonchev–Trinajstić information content (AvgIpc) is 3.38. The molecule has 0 spiro atoms. The quantitative estimate of drug-likeness (QED) is 0.696. The molecule has 1 aliphatic carbocycles. The van der Waals surface area contributed by atoms with Gasteiger partial charge in [-0.2, -0.15) is 10.1 Å². The van der Waals surface area contributed by atoms with E-state index < -0.39 is 0 Å². The van der Waals surface area contributed by atoms with Crippen LogP contribution in [0.25, 0.3) is 0 Å². The SMILES string of the molecule is Cc1nc(NCc2cnn(C3Cc4ccccc4C3)c2)nc2c1NC(=O)[C@H](C)N2C. The number of rotatable bonds is 4. The molecule has 8 heteroatoms. The van der Waals surface area contributed by atoms with Crippen LogP contribution in [0, 0.1) is 6.92 Å². The zero-order valence-corrected chi connectivity index (χ0v) is 17.4. The number of carbonyl (C=O) groups is 1. The molecule has 3 aromatic rings. The average molecular weight is 403 g/mol. The van der Waals surface area contributed by atoms with Gasteiger partial charge in [0.2, 0.25) is 11.9 Å². The molecule has 0 saturated carbocycles. The van der Waals surface area contributed by atoms with E-state index >= 15 is 0 Å². The minimum atomic E-state index is -0.270. The molecular formula is C22H25N7O. The number of aromatic nitrogens is 4. The van der Waals surface area contributed by atoms with Gasteiger partial charge in [-0.3, -0.25) is 9.48 Å². The number of aryl methyl sites for hydroxylation is 1. The molecule has 0 unspecified atom stereocenters. The summed E-state index contributed by atoms with van der Waals surface area (Å²) in [5, 5.41) is 10.8. The fraction of sp³-hybridized carbons (Fsp3) is 0.364. The summed E-state index contributed by atoms with van der Waals surface area (Å²) in [5.74, 6) is 1.23. The van der Waals surface area contributed by atoms with Crippen LogP contribution in [0.3, 0.4) is 0 Å². The van der Waals surface area contributed by atoms with Gasteiger partial charge in [-0.25, -0.2) is 4.98 Å². The van der Waals surface area contributed by atoms with Gasteiger partial charge in [-0.1, -0.05) is 24.3 Å². The number of hydrogen-bond donors (Lipinski definition) is 2. The third kappa shape index (κ3) is 3.18. The van der Waals surface area contributed by atoms with Crippen LogP contribution in [0.15, 0.2) is 36.7 Å². The molecule has 30 heavy (non-hydrogen) atoms. The molecule has 5 rings (SSSR count). The summed E-state index contributed by atoms with van der Waals surface area (Å²) in [5.41, 5.74) is 5.34. The smallest absolute Gasteiger partial charge is 0.246 e. The van der Waals surface area contributed by atoms with Crippen molar-refractivity contribution in [1.82, 2.24) is 19.7 Å². The zero-order valence-electron chi connectivity index (χ0n) is 17.4. The highest BCUT2D eigenvalue weighted by atomic mass is 16.2. The van der Waals surface area contributed by atoms with Crippen LogP contribution >= 0.6 is 0 Å². The monoisotopic (exact) mass is 403 g/mol. The third-order valence-corrected chi connectivity index (χ3v) is 6.12. The van der Waals surface area contributed by atoms with Crippen molar-refractivity contribution in [3.63, 3.8) is 0 Å². The first-order valence-corrected chi connectivity index (χ1v) is 10.3. The molecule has 1 atom stereocenters. The van der Waals surface area contributed by atoms with Gasteiger partial charge in [-0.05, 0) is 37.8 Å². The summed E-state index contributed by atoms with van der Waals surface area (Å²) >= 11 is 0. The first-order valence-electron chi connectivity index (χ1n) is 10.3. The minimum absolute atomic E-state index is 0.0427. The Hall–Kier alpha value is -3.42. The number of amides is 1. The van der Waals surface area contributed by atoms with E-state index in [4.69, 9.17) is 0 Å². The Kier molecular flexibility index (Phi) is 4.42. The van der Waals surface area contributed by atoms with Crippen molar-refractivity contribution in [2.45, 2.75) is 45.3 Å². The number of hydrogen-bond acceptors (Lipinski definition) is 6. The second-order valence-electron chi connectivity index (χ2n) is 8.12. The summed E-state index contributed by atoms with van der Waals surface area (Å²) < 4.78 is 2.07. The highest BCUT2D eigenvalue weighted by Crippen LogP contribution is 2.32. The normalized spacial score (nSPS) is 18.2. The number of carbonyl (C=O) groups excluding carboxylic acids is 1. The van der Waals surface area contributed by atoms with E-state index in [0.717, 1.165) is 29.9 Å². The van der Waals surface area contributed by atoms with Crippen molar-refractivity contribution in [2.24, 2.45) is 0 Å². The number of nitrogens with one attached hydrogen (secondary N) is 2. The Morgan fingerprint density at radius 3 is 2.67 bits per heavy atom. The zero-order chi connectivity index (χ0) is 20.8. The summed E-state index contributed by atoms with van der Waals surface area (Å²) in [6, 6.07) is 8.72. The Balaban J connectivity index is 1.29. The molecule has 0 saturated heterocycles. The molecule has 154 valence electrons. The standard InChI is InChI=1S/C22H25N7O/c1-13-19-20(28(3)14(2)21(30)26-19)27-22(25-13)23-10-15-11-24-29(12-15)18-8-16-6-4-5-7-17(16)9-18/h4-7,11-12,14,18H,8-10H2,1-3H3,(H,26,30)(H,23,25,27)/t14-/m0/s1. The van der Waals surface area contributed by atoms with E-state index in [0.29, 0.717) is 24.2 Å². The maximum Gasteiger partial charge on any atom is 0.246 e. The summed E-state index contributed by atoms with van der Waals surface area (Å²) in [6.45, 7) is 4.33. The molecule has 0 fully saturated rings. The topological polar surface area (TPSA) is 88.0 Å². The van der Waals surface area contributed by atoms with Gasteiger partial charge in [-0.15, -0.1) is 0 Å². The number of fused-ring (bicyclic) bond motifs is 2. The van der Waals surface area contributed by atoms with Gasteiger partial charge in [0.25, 0.3) is 0 Å². The first-order chi connectivity index (χ1) is 14.5. The Bertz CT molecular complexity index is 1100. The third-order valence-electron chi connectivity index (χ3n) is 6.12. The van der Waals surface area contributed by atoms with Crippen LogP contribution in [0.4, 0.5) is 17.5 Å². The van der Waals surface area contributed by atoms with Gasteiger partial charge < -0.3 is 15.5 Å². The van der Waals surface area contributed by atoms with Gasteiger partial charge in [0.1, 0.15) is 11.7 Å². The molecule has 1 aliphatic heterocycles. The second kappa shape index (κ2) is 7.12. The molecule has 2 aliphatic rings. The predicted molar refractivity (Wildman–Crippen MR) is 116 cm³/mol. The number of nitrogens with zero attached hydrogens (tertiary/aromatic N) is 5. The van der Waals surface area contributed by atoms with Crippen LogP contribution in [-0.2, 0) is 24.2 Å². The van der Waals surface area contributed by atoms with E-state index in [1.165, 1.54) is 11.1 Å².